The maximum absolute atomic E-state index is 12.4. The van der Waals surface area contributed by atoms with Gasteiger partial charge in [0.2, 0.25) is 5.91 Å². The maximum Gasteiger partial charge on any atom is 0.292 e. The van der Waals surface area contributed by atoms with Crippen molar-refractivity contribution in [2.45, 2.75) is 12.8 Å². The Hall–Kier alpha value is -3.40. The highest BCUT2D eigenvalue weighted by molar-refractivity contribution is 5.92. The van der Waals surface area contributed by atoms with Gasteiger partial charge < -0.3 is 10.2 Å². The van der Waals surface area contributed by atoms with E-state index in [9.17, 15) is 14.9 Å². The molecule has 2 aromatic carbocycles. The Morgan fingerprint density at radius 3 is 2.42 bits per heavy atom. The molecule has 1 N–H and O–H groups in total. The van der Waals surface area contributed by atoms with Crippen molar-refractivity contribution in [3.63, 3.8) is 0 Å². The number of para-hydroxylation sites is 2. The summed E-state index contributed by atoms with van der Waals surface area (Å²) in [5.74, 6) is -0.193. The lowest BCUT2D eigenvalue weighted by atomic mass is 9.95. The molecule has 26 heavy (non-hydrogen) atoms. The number of hydrogen-bond acceptors (Lipinski definition) is 5. The summed E-state index contributed by atoms with van der Waals surface area (Å²) in [5.41, 5.74) is 1.90. The van der Waals surface area contributed by atoms with Crippen molar-refractivity contribution in [2.75, 3.05) is 23.3 Å². The molecule has 1 heterocycles. The molecule has 0 radical (unpaired) electrons. The molecule has 1 aliphatic rings. The van der Waals surface area contributed by atoms with E-state index in [0.717, 1.165) is 0 Å². The third-order valence-electron chi connectivity index (χ3n) is 4.57. The predicted octanol–water partition coefficient (Wildman–Crippen LogP) is 3.32. The lowest BCUT2D eigenvalue weighted by Gasteiger charge is -2.32. The summed E-state index contributed by atoms with van der Waals surface area (Å²) in [6.07, 6.45) is 1.27. The van der Waals surface area contributed by atoms with E-state index in [0.29, 0.717) is 42.9 Å². The van der Waals surface area contributed by atoms with Crippen molar-refractivity contribution >= 4 is 23.0 Å². The average molecular weight is 350 g/mol. The van der Waals surface area contributed by atoms with E-state index < -0.39 is 0 Å². The lowest BCUT2D eigenvalue weighted by molar-refractivity contribution is -0.384. The van der Waals surface area contributed by atoms with Gasteiger partial charge in [0.1, 0.15) is 5.69 Å². The SMILES string of the molecule is N#Cc1ccc(NC(=O)C2CCN(c3ccccc3[N+](=O)[O-])CC2)cc1. The lowest BCUT2D eigenvalue weighted by Crippen LogP contribution is -2.38. The first-order valence-electron chi connectivity index (χ1n) is 8.38. The van der Waals surface area contributed by atoms with E-state index in [-0.39, 0.29) is 22.4 Å². The van der Waals surface area contributed by atoms with Gasteiger partial charge in [-0.05, 0) is 43.2 Å². The molecule has 1 amide bonds. The van der Waals surface area contributed by atoms with Crippen LogP contribution in [0.1, 0.15) is 18.4 Å². The topological polar surface area (TPSA) is 99.3 Å². The molecule has 1 saturated heterocycles. The fraction of sp³-hybridized carbons (Fsp3) is 0.263. The van der Waals surface area contributed by atoms with E-state index in [4.69, 9.17) is 5.26 Å². The van der Waals surface area contributed by atoms with Crippen LogP contribution in [0.5, 0.6) is 0 Å². The monoisotopic (exact) mass is 350 g/mol. The minimum absolute atomic E-state index is 0.0584. The van der Waals surface area contributed by atoms with E-state index in [1.165, 1.54) is 6.07 Å². The Balaban J connectivity index is 1.60. The van der Waals surface area contributed by atoms with Crippen LogP contribution in [0.15, 0.2) is 48.5 Å². The van der Waals surface area contributed by atoms with E-state index in [2.05, 4.69) is 5.32 Å². The maximum atomic E-state index is 12.4. The van der Waals surface area contributed by atoms with Crippen LogP contribution in [0.2, 0.25) is 0 Å². The van der Waals surface area contributed by atoms with Crippen molar-refractivity contribution < 1.29 is 9.72 Å². The van der Waals surface area contributed by atoms with Crippen molar-refractivity contribution in [3.8, 4) is 6.07 Å². The highest BCUT2D eigenvalue weighted by Gasteiger charge is 2.28. The third-order valence-corrected chi connectivity index (χ3v) is 4.57. The van der Waals surface area contributed by atoms with Crippen LogP contribution < -0.4 is 10.2 Å². The minimum Gasteiger partial charge on any atom is -0.366 e. The second kappa shape index (κ2) is 7.66. The van der Waals surface area contributed by atoms with E-state index >= 15 is 0 Å². The second-order valence-corrected chi connectivity index (χ2v) is 6.19. The summed E-state index contributed by atoms with van der Waals surface area (Å²) in [7, 11) is 0. The third kappa shape index (κ3) is 3.81. The smallest absolute Gasteiger partial charge is 0.292 e. The molecule has 0 atom stereocenters. The number of nitriles is 1. The normalized spacial score (nSPS) is 14.5. The predicted molar refractivity (Wildman–Crippen MR) is 97.8 cm³/mol. The summed E-state index contributed by atoms with van der Waals surface area (Å²) in [6, 6.07) is 15.5. The number of nitro benzene ring substituents is 1. The zero-order valence-electron chi connectivity index (χ0n) is 14.1. The van der Waals surface area contributed by atoms with Gasteiger partial charge in [0.15, 0.2) is 0 Å². The summed E-state index contributed by atoms with van der Waals surface area (Å²) in [4.78, 5) is 25.2. The molecule has 0 unspecified atom stereocenters. The number of nitrogens with zero attached hydrogens (tertiary/aromatic N) is 3. The highest BCUT2D eigenvalue weighted by Crippen LogP contribution is 2.31. The van der Waals surface area contributed by atoms with Gasteiger partial charge in [-0.25, -0.2) is 0 Å². The first-order chi connectivity index (χ1) is 12.6. The quantitative estimate of drug-likeness (QED) is 0.673. The molecule has 7 heteroatoms. The summed E-state index contributed by atoms with van der Waals surface area (Å²) in [6.45, 7) is 1.19. The zero-order valence-corrected chi connectivity index (χ0v) is 14.1. The molecule has 3 rings (SSSR count). The standard InChI is InChI=1S/C19H18N4O3/c20-13-14-5-7-16(8-6-14)21-19(24)15-9-11-22(12-10-15)17-3-1-2-4-18(17)23(25)26/h1-8,15H,9-12H2,(H,21,24). The van der Waals surface area contributed by atoms with Crippen LogP contribution in [0.25, 0.3) is 0 Å². The number of anilines is 2. The van der Waals surface area contributed by atoms with Gasteiger partial charge in [0.05, 0.1) is 16.6 Å². The van der Waals surface area contributed by atoms with Crippen molar-refractivity contribution in [2.24, 2.45) is 5.92 Å². The van der Waals surface area contributed by atoms with E-state index in [1.807, 2.05) is 11.0 Å². The Bertz CT molecular complexity index is 850. The summed E-state index contributed by atoms with van der Waals surface area (Å²) in [5, 5.41) is 22.9. The van der Waals surface area contributed by atoms with Crippen molar-refractivity contribution in [1.82, 2.24) is 0 Å². The molecular formula is C19H18N4O3. The summed E-state index contributed by atoms with van der Waals surface area (Å²) < 4.78 is 0. The first-order valence-corrected chi connectivity index (χ1v) is 8.38. The molecule has 132 valence electrons. The van der Waals surface area contributed by atoms with E-state index in [1.54, 1.807) is 42.5 Å². The van der Waals surface area contributed by atoms with Gasteiger partial charge in [-0.2, -0.15) is 5.26 Å². The van der Waals surface area contributed by atoms with Gasteiger partial charge in [-0.1, -0.05) is 12.1 Å². The number of benzene rings is 2. The Morgan fingerprint density at radius 1 is 1.15 bits per heavy atom. The van der Waals surface area contributed by atoms with Crippen molar-refractivity contribution in [3.05, 3.63) is 64.2 Å². The van der Waals surface area contributed by atoms with Gasteiger partial charge in [-0.3, -0.25) is 14.9 Å². The van der Waals surface area contributed by atoms with Crippen LogP contribution in [0.3, 0.4) is 0 Å². The molecule has 1 fully saturated rings. The molecule has 0 aliphatic carbocycles. The fourth-order valence-corrected chi connectivity index (χ4v) is 3.14. The number of carbonyl (C=O) groups excluding carboxylic acids is 1. The number of hydrogen-bond donors (Lipinski definition) is 1. The molecule has 2 aromatic rings. The molecule has 0 spiro atoms. The number of nitrogens with one attached hydrogen (secondary N) is 1. The van der Waals surface area contributed by atoms with Crippen molar-refractivity contribution in [1.29, 1.82) is 5.26 Å². The Morgan fingerprint density at radius 2 is 1.81 bits per heavy atom. The highest BCUT2D eigenvalue weighted by atomic mass is 16.6. The summed E-state index contributed by atoms with van der Waals surface area (Å²) >= 11 is 0. The molecule has 0 saturated carbocycles. The molecule has 0 aromatic heterocycles. The second-order valence-electron chi connectivity index (χ2n) is 6.19. The van der Waals surface area contributed by atoms with Gasteiger partial charge in [-0.15, -0.1) is 0 Å². The minimum atomic E-state index is -0.376. The number of rotatable bonds is 4. The van der Waals surface area contributed by atoms with Crippen LogP contribution in [0, 0.1) is 27.4 Å². The molecule has 7 nitrogen and oxygen atoms in total. The number of piperidine rings is 1. The molecular weight excluding hydrogens is 332 g/mol. The Labute approximate surface area is 151 Å². The first kappa shape index (κ1) is 17.4. The van der Waals surface area contributed by atoms with Gasteiger partial charge in [0.25, 0.3) is 5.69 Å². The number of carbonyl (C=O) groups is 1. The molecule has 1 aliphatic heterocycles. The number of nitro groups is 1. The van der Waals surface area contributed by atoms with Crippen LogP contribution in [-0.4, -0.2) is 23.9 Å². The van der Waals surface area contributed by atoms with Crippen LogP contribution >= 0.6 is 0 Å². The van der Waals surface area contributed by atoms with Crippen LogP contribution in [0.4, 0.5) is 17.1 Å². The number of amides is 1. The molecule has 0 bridgehead atoms. The fourth-order valence-electron chi connectivity index (χ4n) is 3.14. The Kier molecular flexibility index (Phi) is 5.13. The van der Waals surface area contributed by atoms with Gasteiger partial charge >= 0.3 is 0 Å². The largest absolute Gasteiger partial charge is 0.366 e. The zero-order chi connectivity index (χ0) is 18.5. The van der Waals surface area contributed by atoms with Gasteiger partial charge in [0, 0.05) is 30.8 Å². The van der Waals surface area contributed by atoms with Crippen LogP contribution in [-0.2, 0) is 4.79 Å². The average Bonchev–Trinajstić information content (AvgIpc) is 2.68.